The molecular weight excluding hydrogens is 368 g/mol. The van der Waals surface area contributed by atoms with Gasteiger partial charge >= 0.3 is 5.97 Å². The minimum absolute atomic E-state index is 0.301. The summed E-state index contributed by atoms with van der Waals surface area (Å²) in [6.07, 6.45) is 3.43. The summed E-state index contributed by atoms with van der Waals surface area (Å²) in [6.45, 7) is 2.32. The fourth-order valence-corrected chi connectivity index (χ4v) is 5.22. The summed E-state index contributed by atoms with van der Waals surface area (Å²) in [5.41, 5.74) is 1.60. The van der Waals surface area contributed by atoms with Gasteiger partial charge in [0.1, 0.15) is 0 Å². The molecule has 0 atom stereocenters. The Hall–Kier alpha value is -1.79. The van der Waals surface area contributed by atoms with Gasteiger partial charge in [0, 0.05) is 5.75 Å². The molecule has 0 aliphatic rings. The molecule has 4 nitrogen and oxygen atoms in total. The summed E-state index contributed by atoms with van der Waals surface area (Å²) in [5.74, 6) is 0.269. The zero-order chi connectivity index (χ0) is 18.8. The molecule has 2 aromatic rings. The van der Waals surface area contributed by atoms with Crippen LogP contribution in [-0.2, 0) is 13.6 Å². The van der Waals surface area contributed by atoms with Crippen LogP contribution in [0, 0.1) is 6.92 Å². The Kier molecular flexibility index (Phi) is 8.19. The molecule has 0 fully saturated rings. The van der Waals surface area contributed by atoms with E-state index in [0.717, 1.165) is 42.0 Å². The van der Waals surface area contributed by atoms with Crippen molar-refractivity contribution >= 4 is 25.6 Å². The first-order chi connectivity index (χ1) is 12.5. The van der Waals surface area contributed by atoms with Crippen molar-refractivity contribution in [1.82, 2.24) is 0 Å². The third-order valence-corrected chi connectivity index (χ3v) is 7.45. The molecule has 0 radical (unpaired) electrons. The Labute approximate surface area is 159 Å². The molecule has 2 rings (SSSR count). The lowest BCUT2D eigenvalue weighted by atomic mass is 10.2. The molecule has 140 valence electrons. The summed E-state index contributed by atoms with van der Waals surface area (Å²) in [6, 6.07) is 15.8. The number of unbranched alkanes of at least 4 members (excludes halogenated alkanes) is 3. The number of carbonyl (C=O) groups is 1. The first-order valence-electron chi connectivity index (χ1n) is 8.67. The number of aryl methyl sites for hydroxylation is 1. The van der Waals surface area contributed by atoms with Gasteiger partial charge in [0.25, 0.3) is 0 Å². The average Bonchev–Trinajstić information content (AvgIpc) is 2.64. The van der Waals surface area contributed by atoms with Crippen LogP contribution in [0.15, 0.2) is 59.5 Å². The molecule has 6 heteroatoms. The fourth-order valence-electron chi connectivity index (χ4n) is 2.32. The molecule has 0 bridgehead atoms. The van der Waals surface area contributed by atoms with Gasteiger partial charge in [-0.05, 0) is 54.8 Å². The molecule has 0 spiro atoms. The molecule has 0 amide bonds. The van der Waals surface area contributed by atoms with Crippen molar-refractivity contribution < 1.29 is 17.9 Å². The van der Waals surface area contributed by atoms with Crippen molar-refractivity contribution in [3.8, 4) is 0 Å². The van der Waals surface area contributed by atoms with E-state index < -0.39 is 8.87 Å². The molecule has 0 saturated carbocycles. The predicted molar refractivity (Wildman–Crippen MR) is 106 cm³/mol. The second-order valence-electron chi connectivity index (χ2n) is 6.01. The lowest BCUT2D eigenvalue weighted by Gasteiger charge is -2.06. The van der Waals surface area contributed by atoms with E-state index in [4.69, 9.17) is 4.74 Å². The van der Waals surface area contributed by atoms with Crippen LogP contribution in [0.5, 0.6) is 0 Å². The number of ether oxygens (including phenoxy) is 1. The van der Waals surface area contributed by atoms with E-state index in [1.165, 1.54) is 0 Å². The molecular formula is C20H24O4S2. The molecule has 2 aromatic carbocycles. The van der Waals surface area contributed by atoms with Gasteiger partial charge < -0.3 is 4.74 Å². The minimum Gasteiger partial charge on any atom is -0.462 e. The van der Waals surface area contributed by atoms with E-state index in [1.54, 1.807) is 36.4 Å². The van der Waals surface area contributed by atoms with Crippen molar-refractivity contribution in [2.24, 2.45) is 0 Å². The van der Waals surface area contributed by atoms with E-state index in [0.29, 0.717) is 22.8 Å². The Morgan fingerprint density at radius 2 is 1.58 bits per heavy atom. The third kappa shape index (κ3) is 6.84. The maximum absolute atomic E-state index is 12.2. The van der Waals surface area contributed by atoms with E-state index >= 15 is 0 Å². The zero-order valence-corrected chi connectivity index (χ0v) is 16.5. The van der Waals surface area contributed by atoms with Gasteiger partial charge in [0.15, 0.2) is 0 Å². The second-order valence-corrected chi connectivity index (χ2v) is 10.1. The normalized spacial score (nSPS) is 11.3. The second kappa shape index (κ2) is 10.4. The highest BCUT2D eigenvalue weighted by Gasteiger charge is 2.14. The van der Waals surface area contributed by atoms with Crippen molar-refractivity contribution in [2.75, 3.05) is 12.4 Å². The molecule has 0 aromatic heterocycles. The topological polar surface area (TPSA) is 60.4 Å². The predicted octanol–water partition coefficient (Wildman–Crippen LogP) is 4.83. The van der Waals surface area contributed by atoms with Gasteiger partial charge in [-0.2, -0.15) is 0 Å². The smallest absolute Gasteiger partial charge is 0.338 e. The highest BCUT2D eigenvalue weighted by molar-refractivity contribution is 8.72. The lowest BCUT2D eigenvalue weighted by molar-refractivity contribution is 0.0498. The Morgan fingerprint density at radius 3 is 2.27 bits per heavy atom. The van der Waals surface area contributed by atoms with Crippen molar-refractivity contribution in [3.05, 3.63) is 65.7 Å². The van der Waals surface area contributed by atoms with E-state index in [-0.39, 0.29) is 5.97 Å². The van der Waals surface area contributed by atoms with Gasteiger partial charge in [-0.15, -0.1) is 0 Å². The number of hydrogen-bond donors (Lipinski definition) is 0. The maximum atomic E-state index is 12.2. The molecule has 0 aliphatic carbocycles. The number of esters is 1. The zero-order valence-electron chi connectivity index (χ0n) is 14.9. The molecule has 0 N–H and O–H groups in total. The van der Waals surface area contributed by atoms with Gasteiger partial charge in [0.05, 0.1) is 17.1 Å². The van der Waals surface area contributed by atoms with Crippen LogP contribution < -0.4 is 0 Å². The lowest BCUT2D eigenvalue weighted by Crippen LogP contribution is -2.06. The molecule has 0 aliphatic heterocycles. The van der Waals surface area contributed by atoms with Crippen LogP contribution in [0.2, 0.25) is 0 Å². The minimum atomic E-state index is -3.27. The van der Waals surface area contributed by atoms with Crippen LogP contribution in [0.3, 0.4) is 0 Å². The van der Waals surface area contributed by atoms with E-state index in [9.17, 15) is 13.2 Å². The van der Waals surface area contributed by atoms with Gasteiger partial charge in [-0.1, -0.05) is 48.7 Å². The maximum Gasteiger partial charge on any atom is 0.338 e. The molecule has 0 unspecified atom stereocenters. The molecule has 0 saturated heterocycles. The van der Waals surface area contributed by atoms with Crippen LogP contribution >= 0.6 is 10.8 Å². The Bertz CT molecular complexity index is 784. The van der Waals surface area contributed by atoms with Gasteiger partial charge in [0.2, 0.25) is 8.87 Å². The van der Waals surface area contributed by atoms with E-state index in [1.807, 2.05) is 25.1 Å². The van der Waals surface area contributed by atoms with Crippen molar-refractivity contribution in [2.45, 2.75) is 37.5 Å². The molecule has 26 heavy (non-hydrogen) atoms. The monoisotopic (exact) mass is 392 g/mol. The van der Waals surface area contributed by atoms with Crippen LogP contribution in [-0.4, -0.2) is 26.7 Å². The first kappa shape index (κ1) is 20.5. The SMILES string of the molecule is Cc1ccc(S(=O)(=O)SCCCCCCOC(=O)c2ccccc2)cc1. The van der Waals surface area contributed by atoms with Gasteiger partial charge in [-0.25, -0.2) is 13.2 Å². The highest BCUT2D eigenvalue weighted by Crippen LogP contribution is 2.24. The van der Waals surface area contributed by atoms with Gasteiger partial charge in [-0.3, -0.25) is 0 Å². The first-order valence-corrected chi connectivity index (χ1v) is 11.7. The largest absolute Gasteiger partial charge is 0.462 e. The number of hydrogen-bond acceptors (Lipinski definition) is 5. The highest BCUT2D eigenvalue weighted by atomic mass is 33.1. The Morgan fingerprint density at radius 1 is 0.923 bits per heavy atom. The third-order valence-electron chi connectivity index (χ3n) is 3.83. The quantitative estimate of drug-likeness (QED) is 0.329. The summed E-state index contributed by atoms with van der Waals surface area (Å²) >= 11 is 0. The van der Waals surface area contributed by atoms with Crippen molar-refractivity contribution in [1.29, 1.82) is 0 Å². The number of benzene rings is 2. The van der Waals surface area contributed by atoms with Crippen LogP contribution in [0.25, 0.3) is 0 Å². The number of rotatable bonds is 10. The summed E-state index contributed by atoms with van der Waals surface area (Å²) in [4.78, 5) is 12.1. The average molecular weight is 393 g/mol. The fraction of sp³-hybridized carbons (Fsp3) is 0.350. The van der Waals surface area contributed by atoms with Crippen molar-refractivity contribution in [3.63, 3.8) is 0 Å². The van der Waals surface area contributed by atoms with Crippen LogP contribution in [0.1, 0.15) is 41.6 Å². The molecule has 0 heterocycles. The summed E-state index contributed by atoms with van der Waals surface area (Å²) < 4.78 is 29.6. The number of carbonyl (C=O) groups excluding carboxylic acids is 1. The summed E-state index contributed by atoms with van der Waals surface area (Å²) in [5, 5.41) is 0. The standard InChI is InChI=1S/C20H24O4S2/c1-17-11-13-19(14-12-17)26(22,23)25-16-8-3-2-7-15-24-20(21)18-9-5-4-6-10-18/h4-6,9-14H,2-3,7-8,15-16H2,1H3. The van der Waals surface area contributed by atoms with E-state index in [2.05, 4.69) is 0 Å². The summed E-state index contributed by atoms with van der Waals surface area (Å²) in [7, 11) is -2.28. The van der Waals surface area contributed by atoms with Crippen LogP contribution in [0.4, 0.5) is 0 Å². The Balaban J connectivity index is 1.57.